The molecule has 2 rings (SSSR count). The molecule has 0 atom stereocenters. The lowest BCUT2D eigenvalue weighted by atomic mass is 10.1. The van der Waals surface area contributed by atoms with Gasteiger partial charge in [0.05, 0.1) is 6.20 Å². The van der Waals surface area contributed by atoms with Gasteiger partial charge in [-0.25, -0.2) is 0 Å². The van der Waals surface area contributed by atoms with Gasteiger partial charge in [-0.1, -0.05) is 12.1 Å². The normalized spacial score (nSPS) is 10.6. The van der Waals surface area contributed by atoms with Gasteiger partial charge in [-0.15, -0.1) is 0 Å². The van der Waals surface area contributed by atoms with Crippen molar-refractivity contribution in [1.82, 2.24) is 9.78 Å². The van der Waals surface area contributed by atoms with E-state index in [1.807, 2.05) is 13.2 Å². The minimum atomic E-state index is 0.701. The van der Waals surface area contributed by atoms with Crippen molar-refractivity contribution in [3.05, 3.63) is 30.5 Å². The van der Waals surface area contributed by atoms with Gasteiger partial charge < -0.3 is 10.6 Å². The first-order chi connectivity index (χ1) is 8.67. The van der Waals surface area contributed by atoms with Crippen molar-refractivity contribution >= 4 is 11.5 Å². The van der Waals surface area contributed by atoms with E-state index >= 15 is 0 Å². The maximum Gasteiger partial charge on any atom is 0.129 e. The summed E-state index contributed by atoms with van der Waals surface area (Å²) < 4.78 is 1.69. The molecular formula is C14H20N4. The van der Waals surface area contributed by atoms with E-state index in [9.17, 15) is 0 Å². The number of benzene rings is 1. The van der Waals surface area contributed by atoms with Crippen LogP contribution in [0.15, 0.2) is 30.5 Å². The van der Waals surface area contributed by atoms with Gasteiger partial charge >= 0.3 is 0 Å². The molecule has 0 saturated heterocycles. The molecular weight excluding hydrogens is 224 g/mol. The molecule has 0 aliphatic heterocycles. The van der Waals surface area contributed by atoms with Crippen LogP contribution in [0.2, 0.25) is 0 Å². The van der Waals surface area contributed by atoms with Gasteiger partial charge in [-0.05, 0) is 31.5 Å². The zero-order valence-corrected chi connectivity index (χ0v) is 11.2. The molecule has 0 unspecified atom stereocenters. The van der Waals surface area contributed by atoms with Crippen molar-refractivity contribution in [1.29, 1.82) is 0 Å². The highest BCUT2D eigenvalue weighted by Gasteiger charge is 2.09. The fraction of sp³-hybridized carbons (Fsp3) is 0.357. The molecule has 1 aromatic carbocycles. The monoisotopic (exact) mass is 244 g/mol. The van der Waals surface area contributed by atoms with Crippen molar-refractivity contribution < 1.29 is 0 Å². The minimum Gasteiger partial charge on any atom is -0.383 e. The Kier molecular flexibility index (Phi) is 3.55. The Morgan fingerprint density at radius 2 is 2.00 bits per heavy atom. The maximum atomic E-state index is 6.01. The fourth-order valence-electron chi connectivity index (χ4n) is 2.13. The second-order valence-corrected chi connectivity index (χ2v) is 4.29. The number of rotatable bonds is 4. The first-order valence-corrected chi connectivity index (χ1v) is 6.30. The van der Waals surface area contributed by atoms with Crippen LogP contribution in [-0.2, 0) is 7.05 Å². The lowest BCUT2D eigenvalue weighted by Gasteiger charge is -2.21. The van der Waals surface area contributed by atoms with Crippen molar-refractivity contribution in [2.24, 2.45) is 7.05 Å². The Hall–Kier alpha value is -1.97. The van der Waals surface area contributed by atoms with Gasteiger partial charge in [0.1, 0.15) is 5.82 Å². The minimum absolute atomic E-state index is 0.701. The molecule has 0 spiro atoms. The zero-order valence-electron chi connectivity index (χ0n) is 11.2. The highest BCUT2D eigenvalue weighted by Crippen LogP contribution is 2.28. The van der Waals surface area contributed by atoms with Gasteiger partial charge in [-0.3, -0.25) is 4.68 Å². The van der Waals surface area contributed by atoms with Crippen LogP contribution in [0.3, 0.4) is 0 Å². The van der Waals surface area contributed by atoms with Crippen molar-refractivity contribution in [3.63, 3.8) is 0 Å². The summed E-state index contributed by atoms with van der Waals surface area (Å²) in [6.45, 7) is 6.33. The second kappa shape index (κ2) is 5.12. The standard InChI is InChI=1S/C14H20N4/c1-4-18(5-2)12-8-6-7-11(9-12)13-10-16-17(3)14(13)15/h6-10H,4-5,15H2,1-3H3. The first-order valence-electron chi connectivity index (χ1n) is 6.30. The molecule has 0 amide bonds. The molecule has 4 nitrogen and oxygen atoms in total. The third-order valence-corrected chi connectivity index (χ3v) is 3.27. The fourth-order valence-corrected chi connectivity index (χ4v) is 2.13. The van der Waals surface area contributed by atoms with E-state index < -0.39 is 0 Å². The van der Waals surface area contributed by atoms with Gasteiger partial charge in [0, 0.05) is 31.4 Å². The Morgan fingerprint density at radius 1 is 1.28 bits per heavy atom. The predicted molar refractivity (Wildman–Crippen MR) is 76.6 cm³/mol. The Morgan fingerprint density at radius 3 is 2.56 bits per heavy atom. The number of anilines is 2. The van der Waals surface area contributed by atoms with Crippen LogP contribution in [0.5, 0.6) is 0 Å². The lowest BCUT2D eigenvalue weighted by molar-refractivity contribution is 0.779. The van der Waals surface area contributed by atoms with E-state index in [-0.39, 0.29) is 0 Å². The summed E-state index contributed by atoms with van der Waals surface area (Å²) in [6, 6.07) is 8.43. The van der Waals surface area contributed by atoms with Gasteiger partial charge in [0.25, 0.3) is 0 Å². The topological polar surface area (TPSA) is 47.1 Å². The molecule has 18 heavy (non-hydrogen) atoms. The molecule has 0 bridgehead atoms. The average Bonchev–Trinajstić information content (AvgIpc) is 2.72. The van der Waals surface area contributed by atoms with E-state index in [0.717, 1.165) is 24.2 Å². The summed E-state index contributed by atoms with van der Waals surface area (Å²) in [4.78, 5) is 2.32. The maximum absolute atomic E-state index is 6.01. The van der Waals surface area contributed by atoms with E-state index in [2.05, 4.69) is 48.1 Å². The highest BCUT2D eigenvalue weighted by atomic mass is 15.3. The third-order valence-electron chi connectivity index (χ3n) is 3.27. The molecule has 1 aromatic heterocycles. The number of hydrogen-bond donors (Lipinski definition) is 1. The summed E-state index contributed by atoms with van der Waals surface area (Å²) in [7, 11) is 1.85. The molecule has 0 saturated carbocycles. The van der Waals surface area contributed by atoms with Crippen LogP contribution in [0.1, 0.15) is 13.8 Å². The van der Waals surface area contributed by atoms with Crippen molar-refractivity contribution in [3.8, 4) is 11.1 Å². The van der Waals surface area contributed by atoms with Crippen molar-refractivity contribution in [2.45, 2.75) is 13.8 Å². The number of aryl methyl sites for hydroxylation is 1. The average molecular weight is 244 g/mol. The van der Waals surface area contributed by atoms with Gasteiger partial charge in [0.15, 0.2) is 0 Å². The van der Waals surface area contributed by atoms with Crippen LogP contribution in [0.25, 0.3) is 11.1 Å². The number of nitrogens with zero attached hydrogens (tertiary/aromatic N) is 3. The molecule has 4 heteroatoms. The summed E-state index contributed by atoms with van der Waals surface area (Å²) in [6.07, 6.45) is 1.82. The van der Waals surface area contributed by atoms with Gasteiger partial charge in [0.2, 0.25) is 0 Å². The number of hydrogen-bond acceptors (Lipinski definition) is 3. The van der Waals surface area contributed by atoms with Crippen LogP contribution in [0.4, 0.5) is 11.5 Å². The van der Waals surface area contributed by atoms with E-state index in [1.54, 1.807) is 4.68 Å². The van der Waals surface area contributed by atoms with E-state index in [1.165, 1.54) is 5.69 Å². The predicted octanol–water partition coefficient (Wildman–Crippen LogP) is 2.52. The molecule has 0 aliphatic rings. The molecule has 0 aliphatic carbocycles. The molecule has 0 fully saturated rings. The quantitative estimate of drug-likeness (QED) is 0.899. The molecule has 0 radical (unpaired) electrons. The molecule has 2 N–H and O–H groups in total. The summed E-state index contributed by atoms with van der Waals surface area (Å²) in [5, 5.41) is 4.19. The van der Waals surface area contributed by atoms with E-state index in [0.29, 0.717) is 5.82 Å². The largest absolute Gasteiger partial charge is 0.383 e. The lowest BCUT2D eigenvalue weighted by Crippen LogP contribution is -2.21. The Labute approximate surface area is 108 Å². The number of nitrogens with two attached hydrogens (primary N) is 1. The molecule has 2 aromatic rings. The van der Waals surface area contributed by atoms with Crippen LogP contribution < -0.4 is 10.6 Å². The Balaban J connectivity index is 2.41. The van der Waals surface area contributed by atoms with Crippen LogP contribution in [0, 0.1) is 0 Å². The summed E-state index contributed by atoms with van der Waals surface area (Å²) in [5.74, 6) is 0.701. The first kappa shape index (κ1) is 12.5. The second-order valence-electron chi connectivity index (χ2n) is 4.29. The smallest absolute Gasteiger partial charge is 0.129 e. The van der Waals surface area contributed by atoms with Gasteiger partial charge in [-0.2, -0.15) is 5.10 Å². The zero-order chi connectivity index (χ0) is 13.1. The van der Waals surface area contributed by atoms with Crippen molar-refractivity contribution in [2.75, 3.05) is 23.7 Å². The molecule has 96 valence electrons. The number of nitrogen functional groups attached to an aromatic ring is 1. The van der Waals surface area contributed by atoms with Crippen LogP contribution >= 0.6 is 0 Å². The van der Waals surface area contributed by atoms with Crippen LogP contribution in [-0.4, -0.2) is 22.9 Å². The molecule has 1 heterocycles. The summed E-state index contributed by atoms with van der Waals surface area (Å²) >= 11 is 0. The summed E-state index contributed by atoms with van der Waals surface area (Å²) in [5.41, 5.74) is 9.34. The highest BCUT2D eigenvalue weighted by molar-refractivity contribution is 5.76. The van der Waals surface area contributed by atoms with E-state index in [4.69, 9.17) is 5.73 Å². The SMILES string of the molecule is CCN(CC)c1cccc(-c2cnn(C)c2N)c1. The third kappa shape index (κ3) is 2.18. The number of aromatic nitrogens is 2. The Bertz CT molecular complexity index is 526.